The van der Waals surface area contributed by atoms with Gasteiger partial charge in [-0.25, -0.2) is 0 Å². The van der Waals surface area contributed by atoms with E-state index in [-0.39, 0.29) is 6.61 Å². The Labute approximate surface area is 123 Å². The lowest BCUT2D eigenvalue weighted by Gasteiger charge is -2.37. The molecule has 0 aromatic heterocycles. The van der Waals surface area contributed by atoms with Crippen LogP contribution >= 0.6 is 0 Å². The van der Waals surface area contributed by atoms with Gasteiger partial charge in [-0.2, -0.15) is 0 Å². The predicted molar refractivity (Wildman–Crippen MR) is 83.6 cm³/mol. The second kappa shape index (κ2) is 8.40. The molecule has 1 fully saturated rings. The molecule has 1 aromatic rings. The second-order valence-corrected chi connectivity index (χ2v) is 5.80. The standard InChI is InChI=1S/C17H28N2O/c1-2-18-17(10-12-20)16-9-6-11-19(14-16)13-15-7-4-3-5-8-15/h3-5,7-8,16-18,20H,2,6,9-14H2,1H3/t16-,17-/m1/s1. The quantitative estimate of drug-likeness (QED) is 0.802. The number of piperidine rings is 1. The van der Waals surface area contributed by atoms with Crippen molar-refractivity contribution in [3.05, 3.63) is 35.9 Å². The number of aliphatic hydroxyl groups excluding tert-OH is 1. The topological polar surface area (TPSA) is 35.5 Å². The smallest absolute Gasteiger partial charge is 0.0445 e. The Morgan fingerprint density at radius 3 is 2.85 bits per heavy atom. The van der Waals surface area contributed by atoms with Crippen molar-refractivity contribution in [1.82, 2.24) is 10.2 Å². The summed E-state index contributed by atoms with van der Waals surface area (Å²) in [5.41, 5.74) is 1.40. The van der Waals surface area contributed by atoms with Crippen molar-refractivity contribution in [3.63, 3.8) is 0 Å². The summed E-state index contributed by atoms with van der Waals surface area (Å²) in [7, 11) is 0. The maximum absolute atomic E-state index is 9.24. The maximum atomic E-state index is 9.24. The van der Waals surface area contributed by atoms with Crippen molar-refractivity contribution in [3.8, 4) is 0 Å². The molecule has 1 aliphatic rings. The largest absolute Gasteiger partial charge is 0.396 e. The minimum absolute atomic E-state index is 0.285. The highest BCUT2D eigenvalue weighted by Crippen LogP contribution is 2.23. The van der Waals surface area contributed by atoms with Crippen LogP contribution < -0.4 is 5.32 Å². The van der Waals surface area contributed by atoms with Crippen molar-refractivity contribution in [1.29, 1.82) is 0 Å². The molecule has 1 aliphatic heterocycles. The minimum Gasteiger partial charge on any atom is -0.396 e. The van der Waals surface area contributed by atoms with Crippen molar-refractivity contribution >= 4 is 0 Å². The van der Waals surface area contributed by atoms with E-state index in [4.69, 9.17) is 0 Å². The average molecular weight is 276 g/mol. The Kier molecular flexibility index (Phi) is 6.51. The SMILES string of the molecule is CCN[C@H](CCO)[C@@H]1CCCN(Cc2ccccc2)C1. The van der Waals surface area contributed by atoms with Gasteiger partial charge in [0, 0.05) is 25.7 Å². The Bertz CT molecular complexity index is 363. The molecule has 2 atom stereocenters. The lowest BCUT2D eigenvalue weighted by Crippen LogP contribution is -2.45. The number of likely N-dealkylation sites (tertiary alicyclic amines) is 1. The highest BCUT2D eigenvalue weighted by atomic mass is 16.3. The van der Waals surface area contributed by atoms with Gasteiger partial charge in [-0.1, -0.05) is 37.3 Å². The third-order valence-electron chi connectivity index (χ3n) is 4.27. The summed E-state index contributed by atoms with van der Waals surface area (Å²) < 4.78 is 0. The minimum atomic E-state index is 0.285. The maximum Gasteiger partial charge on any atom is 0.0445 e. The predicted octanol–water partition coefficient (Wildman–Crippen LogP) is 2.26. The average Bonchev–Trinajstić information content (AvgIpc) is 2.48. The summed E-state index contributed by atoms with van der Waals surface area (Å²) in [5, 5.41) is 12.8. The van der Waals surface area contributed by atoms with E-state index in [0.717, 1.165) is 26.1 Å². The summed E-state index contributed by atoms with van der Waals surface area (Å²) >= 11 is 0. The second-order valence-electron chi connectivity index (χ2n) is 5.80. The van der Waals surface area contributed by atoms with E-state index in [1.807, 2.05) is 0 Å². The van der Waals surface area contributed by atoms with Crippen molar-refractivity contribution in [2.75, 3.05) is 26.2 Å². The van der Waals surface area contributed by atoms with E-state index < -0.39 is 0 Å². The van der Waals surface area contributed by atoms with Crippen LogP contribution in [-0.4, -0.2) is 42.3 Å². The monoisotopic (exact) mass is 276 g/mol. The van der Waals surface area contributed by atoms with Crippen LogP contribution in [0.1, 0.15) is 31.7 Å². The molecule has 0 bridgehead atoms. The molecule has 0 saturated carbocycles. The summed E-state index contributed by atoms with van der Waals surface area (Å²) in [6.45, 7) is 6.81. The van der Waals surface area contributed by atoms with Crippen LogP contribution in [0.5, 0.6) is 0 Å². The van der Waals surface area contributed by atoms with Crippen molar-refractivity contribution in [2.45, 2.75) is 38.8 Å². The summed E-state index contributed by atoms with van der Waals surface area (Å²) in [4.78, 5) is 2.56. The van der Waals surface area contributed by atoms with Crippen LogP contribution in [0, 0.1) is 5.92 Å². The Hall–Kier alpha value is -0.900. The van der Waals surface area contributed by atoms with Crippen LogP contribution in [0.4, 0.5) is 0 Å². The van der Waals surface area contributed by atoms with Crippen LogP contribution in [0.3, 0.4) is 0 Å². The highest BCUT2D eigenvalue weighted by Gasteiger charge is 2.26. The van der Waals surface area contributed by atoms with E-state index in [9.17, 15) is 5.11 Å². The molecular weight excluding hydrogens is 248 g/mol. The molecule has 0 unspecified atom stereocenters. The molecule has 0 radical (unpaired) electrons. The highest BCUT2D eigenvalue weighted by molar-refractivity contribution is 5.14. The van der Waals surface area contributed by atoms with Gasteiger partial charge in [0.15, 0.2) is 0 Å². The number of nitrogens with one attached hydrogen (secondary N) is 1. The number of benzene rings is 1. The van der Waals surface area contributed by atoms with Gasteiger partial charge >= 0.3 is 0 Å². The molecule has 3 heteroatoms. The van der Waals surface area contributed by atoms with Crippen molar-refractivity contribution < 1.29 is 5.11 Å². The van der Waals surface area contributed by atoms with E-state index in [2.05, 4.69) is 47.5 Å². The van der Waals surface area contributed by atoms with Crippen LogP contribution in [0.2, 0.25) is 0 Å². The number of hydrogen-bond donors (Lipinski definition) is 2. The first-order chi connectivity index (χ1) is 9.83. The molecule has 2 rings (SSSR count). The van der Waals surface area contributed by atoms with Gasteiger partial charge in [0.2, 0.25) is 0 Å². The van der Waals surface area contributed by atoms with E-state index in [1.54, 1.807) is 0 Å². The summed E-state index contributed by atoms with van der Waals surface area (Å²) in [6.07, 6.45) is 3.42. The number of nitrogens with zero attached hydrogens (tertiary/aromatic N) is 1. The number of rotatable bonds is 7. The van der Waals surface area contributed by atoms with Gasteiger partial charge in [0.05, 0.1) is 0 Å². The molecule has 0 amide bonds. The van der Waals surface area contributed by atoms with E-state index >= 15 is 0 Å². The lowest BCUT2D eigenvalue weighted by atomic mass is 9.88. The Morgan fingerprint density at radius 2 is 2.15 bits per heavy atom. The Morgan fingerprint density at radius 1 is 1.35 bits per heavy atom. The third kappa shape index (κ3) is 4.58. The van der Waals surface area contributed by atoms with Crippen LogP contribution in [-0.2, 0) is 6.54 Å². The molecule has 112 valence electrons. The molecule has 20 heavy (non-hydrogen) atoms. The van der Waals surface area contributed by atoms with Crippen LogP contribution in [0.25, 0.3) is 0 Å². The molecule has 0 spiro atoms. The summed E-state index contributed by atoms with van der Waals surface area (Å²) in [6, 6.07) is 11.2. The van der Waals surface area contributed by atoms with E-state index in [1.165, 1.54) is 24.9 Å². The van der Waals surface area contributed by atoms with Crippen LogP contribution in [0.15, 0.2) is 30.3 Å². The molecule has 1 saturated heterocycles. The molecular formula is C17H28N2O. The molecule has 2 N–H and O–H groups in total. The normalized spacial score (nSPS) is 21.8. The van der Waals surface area contributed by atoms with Gasteiger partial charge in [-0.15, -0.1) is 0 Å². The fraction of sp³-hybridized carbons (Fsp3) is 0.647. The Balaban J connectivity index is 1.90. The van der Waals surface area contributed by atoms with E-state index in [0.29, 0.717) is 12.0 Å². The molecule has 0 aliphatic carbocycles. The molecule has 3 nitrogen and oxygen atoms in total. The molecule has 1 heterocycles. The number of hydrogen-bond acceptors (Lipinski definition) is 3. The fourth-order valence-corrected chi connectivity index (χ4v) is 3.31. The zero-order chi connectivity index (χ0) is 14.2. The van der Waals surface area contributed by atoms with Gasteiger partial charge < -0.3 is 10.4 Å². The molecule has 1 aromatic carbocycles. The van der Waals surface area contributed by atoms with Crippen molar-refractivity contribution in [2.24, 2.45) is 5.92 Å². The first-order valence-corrected chi connectivity index (χ1v) is 7.94. The van der Waals surface area contributed by atoms with Gasteiger partial charge in [0.1, 0.15) is 0 Å². The zero-order valence-electron chi connectivity index (χ0n) is 12.6. The fourth-order valence-electron chi connectivity index (χ4n) is 3.31. The lowest BCUT2D eigenvalue weighted by molar-refractivity contribution is 0.128. The number of aliphatic hydroxyl groups is 1. The zero-order valence-corrected chi connectivity index (χ0v) is 12.6. The third-order valence-corrected chi connectivity index (χ3v) is 4.27. The first-order valence-electron chi connectivity index (χ1n) is 7.94. The van der Waals surface area contributed by atoms with Gasteiger partial charge in [0.25, 0.3) is 0 Å². The first kappa shape index (κ1) is 15.5. The summed E-state index contributed by atoms with van der Waals surface area (Å²) in [5.74, 6) is 0.666. The van der Waals surface area contributed by atoms with Gasteiger partial charge in [-0.3, -0.25) is 4.90 Å². The van der Waals surface area contributed by atoms with Gasteiger partial charge in [-0.05, 0) is 43.8 Å².